The summed E-state index contributed by atoms with van der Waals surface area (Å²) < 4.78 is 0. The zero-order valence-electron chi connectivity index (χ0n) is 7.69. The average Bonchev–Trinajstić information content (AvgIpc) is 2.27. The molecular formula is C6H14N6O2. The highest BCUT2D eigenvalue weighted by atomic mass is 16.2. The van der Waals surface area contributed by atoms with E-state index in [-0.39, 0.29) is 12.1 Å². The van der Waals surface area contributed by atoms with E-state index in [0.717, 1.165) is 0 Å². The summed E-state index contributed by atoms with van der Waals surface area (Å²) in [6.07, 6.45) is 0. The molecule has 0 bridgehead atoms. The Hall–Kier alpha value is -1.54. The van der Waals surface area contributed by atoms with Crippen LogP contribution in [-0.4, -0.2) is 48.0 Å². The Morgan fingerprint density at radius 1 is 0.857 bits per heavy atom. The van der Waals surface area contributed by atoms with Crippen LogP contribution in [0.15, 0.2) is 0 Å². The lowest BCUT2D eigenvalue weighted by Gasteiger charge is -2.33. The smallest absolute Gasteiger partial charge is 0.320 e. The van der Waals surface area contributed by atoms with Crippen molar-refractivity contribution in [2.75, 3.05) is 26.2 Å². The SMILES string of the molecule is NNC(=O)N1CCN(C(=O)NN)CC1. The second kappa shape index (κ2) is 4.63. The van der Waals surface area contributed by atoms with Crippen molar-refractivity contribution in [2.24, 2.45) is 11.7 Å². The normalized spacial score (nSPS) is 16.4. The van der Waals surface area contributed by atoms with Crippen molar-refractivity contribution in [1.29, 1.82) is 0 Å². The van der Waals surface area contributed by atoms with Gasteiger partial charge in [0.1, 0.15) is 0 Å². The van der Waals surface area contributed by atoms with Crippen LogP contribution in [0.2, 0.25) is 0 Å². The van der Waals surface area contributed by atoms with Gasteiger partial charge in [-0.05, 0) is 0 Å². The molecule has 8 heteroatoms. The van der Waals surface area contributed by atoms with Gasteiger partial charge in [0.2, 0.25) is 0 Å². The van der Waals surface area contributed by atoms with E-state index in [1.54, 1.807) is 0 Å². The molecule has 1 fully saturated rings. The molecule has 0 saturated carbocycles. The second-order valence-electron chi connectivity index (χ2n) is 2.87. The summed E-state index contributed by atoms with van der Waals surface area (Å²) in [6, 6.07) is -0.671. The fraction of sp³-hybridized carbons (Fsp3) is 0.667. The molecule has 0 aromatic rings. The molecule has 0 aliphatic carbocycles. The van der Waals surface area contributed by atoms with Gasteiger partial charge in [0.05, 0.1) is 0 Å². The Morgan fingerprint density at radius 2 is 1.14 bits per heavy atom. The van der Waals surface area contributed by atoms with Gasteiger partial charge in [-0.1, -0.05) is 0 Å². The topological polar surface area (TPSA) is 117 Å². The van der Waals surface area contributed by atoms with Crippen molar-refractivity contribution in [3.8, 4) is 0 Å². The lowest BCUT2D eigenvalue weighted by atomic mass is 10.3. The standard InChI is InChI=1S/C6H14N6O2/c7-9-5(13)11-1-2-12(4-3-11)6(14)10-8/h1-4,7-8H2,(H,9,13)(H,10,14). The van der Waals surface area contributed by atoms with Crippen LogP contribution in [0.25, 0.3) is 0 Å². The molecule has 0 aromatic carbocycles. The molecular weight excluding hydrogens is 188 g/mol. The van der Waals surface area contributed by atoms with Gasteiger partial charge in [0.15, 0.2) is 0 Å². The first-order valence-electron chi connectivity index (χ1n) is 4.20. The Kier molecular flexibility index (Phi) is 3.48. The number of piperazine rings is 1. The van der Waals surface area contributed by atoms with Gasteiger partial charge in [0.25, 0.3) is 0 Å². The summed E-state index contributed by atoms with van der Waals surface area (Å²) in [6.45, 7) is 1.82. The largest absolute Gasteiger partial charge is 0.331 e. The fourth-order valence-corrected chi connectivity index (χ4v) is 1.30. The van der Waals surface area contributed by atoms with Crippen LogP contribution in [-0.2, 0) is 0 Å². The maximum absolute atomic E-state index is 11.1. The van der Waals surface area contributed by atoms with Crippen LogP contribution >= 0.6 is 0 Å². The number of rotatable bonds is 0. The van der Waals surface area contributed by atoms with Gasteiger partial charge < -0.3 is 9.80 Å². The van der Waals surface area contributed by atoms with Gasteiger partial charge in [-0.3, -0.25) is 10.9 Å². The van der Waals surface area contributed by atoms with E-state index >= 15 is 0 Å². The summed E-state index contributed by atoms with van der Waals surface area (Å²) in [5.74, 6) is 9.94. The monoisotopic (exact) mass is 202 g/mol. The third kappa shape index (κ3) is 2.24. The summed E-state index contributed by atoms with van der Waals surface area (Å²) in [7, 11) is 0. The maximum atomic E-state index is 11.1. The Morgan fingerprint density at radius 3 is 1.36 bits per heavy atom. The molecule has 1 rings (SSSR count). The van der Waals surface area contributed by atoms with Crippen LogP contribution in [0.1, 0.15) is 0 Å². The van der Waals surface area contributed by atoms with Gasteiger partial charge in [-0.2, -0.15) is 0 Å². The number of hydrogen-bond acceptors (Lipinski definition) is 4. The highest BCUT2D eigenvalue weighted by Crippen LogP contribution is 2.01. The van der Waals surface area contributed by atoms with Crippen LogP contribution in [0.3, 0.4) is 0 Å². The Bertz CT molecular complexity index is 200. The molecule has 4 amide bonds. The van der Waals surface area contributed by atoms with Gasteiger partial charge >= 0.3 is 12.1 Å². The summed E-state index contributed by atoms with van der Waals surface area (Å²) in [4.78, 5) is 25.2. The number of urea groups is 2. The van der Waals surface area contributed by atoms with Crippen molar-refractivity contribution < 1.29 is 9.59 Å². The molecule has 0 aromatic heterocycles. The van der Waals surface area contributed by atoms with Crippen molar-refractivity contribution in [2.45, 2.75) is 0 Å². The predicted molar refractivity (Wildman–Crippen MR) is 48.6 cm³/mol. The molecule has 1 aliphatic heterocycles. The molecule has 1 saturated heterocycles. The quantitative estimate of drug-likeness (QED) is 0.202. The number of carbonyl (C=O) groups excluding carboxylic acids is 2. The number of hydrogen-bond donors (Lipinski definition) is 4. The minimum Gasteiger partial charge on any atom is -0.320 e. The van der Waals surface area contributed by atoms with E-state index in [0.29, 0.717) is 26.2 Å². The first kappa shape index (κ1) is 10.5. The highest BCUT2D eigenvalue weighted by molar-refractivity contribution is 5.75. The predicted octanol–water partition coefficient (Wildman–Crippen LogP) is -2.23. The number of nitrogens with zero attached hydrogens (tertiary/aromatic N) is 2. The summed E-state index contributed by atoms with van der Waals surface area (Å²) in [5, 5.41) is 0. The fourth-order valence-electron chi connectivity index (χ4n) is 1.30. The van der Waals surface area contributed by atoms with Gasteiger partial charge in [0, 0.05) is 26.2 Å². The average molecular weight is 202 g/mol. The molecule has 14 heavy (non-hydrogen) atoms. The maximum Gasteiger partial charge on any atom is 0.331 e. The molecule has 1 aliphatic rings. The Labute approximate surface area is 81.1 Å². The van der Waals surface area contributed by atoms with Crippen LogP contribution in [0.4, 0.5) is 9.59 Å². The molecule has 6 N–H and O–H groups in total. The molecule has 80 valence electrons. The van der Waals surface area contributed by atoms with E-state index in [1.807, 2.05) is 10.9 Å². The third-order valence-corrected chi connectivity index (χ3v) is 2.10. The molecule has 8 nitrogen and oxygen atoms in total. The van der Waals surface area contributed by atoms with Crippen LogP contribution < -0.4 is 22.5 Å². The number of carbonyl (C=O) groups is 2. The van der Waals surface area contributed by atoms with Crippen molar-refractivity contribution in [3.63, 3.8) is 0 Å². The van der Waals surface area contributed by atoms with Crippen molar-refractivity contribution in [3.05, 3.63) is 0 Å². The Balaban J connectivity index is 2.38. The second-order valence-corrected chi connectivity index (χ2v) is 2.87. The van der Waals surface area contributed by atoms with Crippen LogP contribution in [0.5, 0.6) is 0 Å². The lowest BCUT2D eigenvalue weighted by molar-refractivity contribution is 0.143. The summed E-state index contributed by atoms with van der Waals surface area (Å²) >= 11 is 0. The molecule has 1 heterocycles. The number of nitrogens with one attached hydrogen (secondary N) is 2. The van der Waals surface area contributed by atoms with E-state index < -0.39 is 0 Å². The molecule has 0 spiro atoms. The number of hydrazine groups is 2. The highest BCUT2D eigenvalue weighted by Gasteiger charge is 2.22. The van der Waals surface area contributed by atoms with E-state index in [2.05, 4.69) is 0 Å². The van der Waals surface area contributed by atoms with E-state index in [1.165, 1.54) is 9.80 Å². The van der Waals surface area contributed by atoms with Crippen LogP contribution in [0, 0.1) is 0 Å². The lowest BCUT2D eigenvalue weighted by Crippen LogP contribution is -2.56. The van der Waals surface area contributed by atoms with E-state index in [4.69, 9.17) is 11.7 Å². The first-order chi connectivity index (χ1) is 6.69. The minimum atomic E-state index is -0.335. The molecule has 0 unspecified atom stereocenters. The number of amides is 4. The number of nitrogens with two attached hydrogens (primary N) is 2. The first-order valence-corrected chi connectivity index (χ1v) is 4.20. The zero-order chi connectivity index (χ0) is 10.6. The zero-order valence-corrected chi connectivity index (χ0v) is 7.69. The third-order valence-electron chi connectivity index (χ3n) is 2.10. The van der Waals surface area contributed by atoms with E-state index in [9.17, 15) is 9.59 Å². The summed E-state index contributed by atoms with van der Waals surface area (Å²) in [5.41, 5.74) is 4.07. The molecule has 0 atom stereocenters. The molecule has 0 radical (unpaired) electrons. The van der Waals surface area contributed by atoms with Crippen molar-refractivity contribution >= 4 is 12.1 Å². The van der Waals surface area contributed by atoms with Gasteiger partial charge in [-0.25, -0.2) is 21.3 Å². The van der Waals surface area contributed by atoms with Crippen molar-refractivity contribution in [1.82, 2.24) is 20.7 Å². The minimum absolute atomic E-state index is 0.335. The van der Waals surface area contributed by atoms with Gasteiger partial charge in [-0.15, -0.1) is 0 Å².